The Morgan fingerprint density at radius 3 is 2.45 bits per heavy atom. The van der Waals surface area contributed by atoms with Crippen LogP contribution in [0.5, 0.6) is 0 Å². The molecule has 8 heteroatoms. The minimum absolute atomic E-state index is 0. The van der Waals surface area contributed by atoms with Crippen LogP contribution in [0.2, 0.25) is 5.02 Å². The van der Waals surface area contributed by atoms with Gasteiger partial charge in [-0.2, -0.15) is 0 Å². The summed E-state index contributed by atoms with van der Waals surface area (Å²) in [5.41, 5.74) is 0.0398. The van der Waals surface area contributed by atoms with E-state index in [-0.39, 0.29) is 51.3 Å². The SMILES string of the molecule is O=C(c1cccc(F)c1)c1cc(Cl)ccc1CS(=O)(=O)[O-].[Na+]. The van der Waals surface area contributed by atoms with Crippen molar-refractivity contribution in [2.24, 2.45) is 0 Å². The number of halogens is 2. The van der Waals surface area contributed by atoms with Gasteiger partial charge in [-0.3, -0.25) is 4.79 Å². The van der Waals surface area contributed by atoms with Gasteiger partial charge >= 0.3 is 29.6 Å². The molecule has 0 heterocycles. The first kappa shape index (κ1) is 19.3. The third-order valence-corrected chi connectivity index (χ3v) is 3.64. The minimum atomic E-state index is -4.56. The maximum absolute atomic E-state index is 13.2. The van der Waals surface area contributed by atoms with Crippen LogP contribution in [0.25, 0.3) is 0 Å². The topological polar surface area (TPSA) is 74.3 Å². The number of benzene rings is 2. The summed E-state index contributed by atoms with van der Waals surface area (Å²) < 4.78 is 45.8. The van der Waals surface area contributed by atoms with E-state index in [1.54, 1.807) is 0 Å². The fraction of sp³-hybridized carbons (Fsp3) is 0.0714. The summed E-state index contributed by atoms with van der Waals surface area (Å²) in [6, 6.07) is 8.89. The first-order chi connectivity index (χ1) is 9.76. The van der Waals surface area contributed by atoms with Gasteiger partial charge < -0.3 is 4.55 Å². The second-order valence-corrected chi connectivity index (χ2v) is 6.18. The fourth-order valence-electron chi connectivity index (χ4n) is 1.86. The summed E-state index contributed by atoms with van der Waals surface area (Å²) in [5, 5.41) is 0.210. The molecule has 0 aromatic heterocycles. The molecule has 0 amide bonds. The molecule has 0 saturated heterocycles. The first-order valence-electron chi connectivity index (χ1n) is 5.78. The molecule has 110 valence electrons. The van der Waals surface area contributed by atoms with E-state index in [9.17, 15) is 22.2 Å². The van der Waals surface area contributed by atoms with Gasteiger partial charge in [0, 0.05) is 16.1 Å². The zero-order chi connectivity index (χ0) is 15.6. The molecule has 0 saturated carbocycles. The van der Waals surface area contributed by atoms with Crippen molar-refractivity contribution < 1.29 is 51.7 Å². The molecule has 0 bridgehead atoms. The Kier molecular flexibility index (Phi) is 6.73. The van der Waals surface area contributed by atoms with Crippen molar-refractivity contribution >= 4 is 27.5 Å². The fourth-order valence-corrected chi connectivity index (χ4v) is 2.67. The summed E-state index contributed by atoms with van der Waals surface area (Å²) >= 11 is 5.80. The summed E-state index contributed by atoms with van der Waals surface area (Å²) in [6.45, 7) is 0. The second kappa shape index (κ2) is 7.68. The Morgan fingerprint density at radius 1 is 1.18 bits per heavy atom. The van der Waals surface area contributed by atoms with E-state index < -0.39 is 27.5 Å². The number of ketones is 1. The zero-order valence-electron chi connectivity index (χ0n) is 11.5. The minimum Gasteiger partial charge on any atom is -0.748 e. The van der Waals surface area contributed by atoms with Crippen molar-refractivity contribution in [2.75, 3.05) is 0 Å². The number of hydrogen-bond donors (Lipinski definition) is 0. The van der Waals surface area contributed by atoms with Crippen LogP contribution < -0.4 is 29.6 Å². The Morgan fingerprint density at radius 2 is 1.86 bits per heavy atom. The molecule has 0 N–H and O–H groups in total. The number of hydrogen-bond acceptors (Lipinski definition) is 4. The van der Waals surface area contributed by atoms with Gasteiger partial charge in [0.2, 0.25) is 0 Å². The van der Waals surface area contributed by atoms with Crippen molar-refractivity contribution in [3.63, 3.8) is 0 Å². The van der Waals surface area contributed by atoms with Gasteiger partial charge in [0.15, 0.2) is 5.78 Å². The van der Waals surface area contributed by atoms with Crippen molar-refractivity contribution in [1.29, 1.82) is 0 Å². The van der Waals surface area contributed by atoms with Gasteiger partial charge in [0.1, 0.15) is 5.82 Å². The monoisotopic (exact) mass is 350 g/mol. The van der Waals surface area contributed by atoms with E-state index in [2.05, 4.69) is 0 Å². The van der Waals surface area contributed by atoms with Crippen molar-refractivity contribution in [3.05, 3.63) is 70.0 Å². The molecular formula is C14H9ClFNaO4S. The van der Waals surface area contributed by atoms with Crippen LogP contribution in [0, 0.1) is 5.82 Å². The Balaban J connectivity index is 0.00000242. The predicted molar refractivity (Wildman–Crippen MR) is 74.7 cm³/mol. The van der Waals surface area contributed by atoms with Gasteiger partial charge in [-0.05, 0) is 29.8 Å². The van der Waals surface area contributed by atoms with Crippen LogP contribution in [0.1, 0.15) is 21.5 Å². The van der Waals surface area contributed by atoms with Gasteiger partial charge in [0.05, 0.1) is 15.9 Å². The number of carbonyl (C=O) groups is 1. The molecule has 0 fully saturated rings. The third-order valence-electron chi connectivity index (χ3n) is 2.74. The van der Waals surface area contributed by atoms with Crippen LogP contribution in [0.15, 0.2) is 42.5 Å². The average Bonchev–Trinajstić information content (AvgIpc) is 2.38. The van der Waals surface area contributed by atoms with Crippen LogP contribution in [-0.2, 0) is 15.9 Å². The van der Waals surface area contributed by atoms with Gasteiger partial charge in [-0.1, -0.05) is 29.8 Å². The quantitative estimate of drug-likeness (QED) is 0.433. The Hall–Kier alpha value is -0.760. The van der Waals surface area contributed by atoms with Crippen molar-refractivity contribution in [3.8, 4) is 0 Å². The molecule has 0 atom stereocenters. The molecule has 0 unspecified atom stereocenters. The summed E-state index contributed by atoms with van der Waals surface area (Å²) in [4.78, 5) is 12.3. The van der Waals surface area contributed by atoms with E-state index in [0.717, 1.165) is 6.07 Å². The molecule has 0 aliphatic heterocycles. The van der Waals surface area contributed by atoms with Crippen LogP contribution in [0.3, 0.4) is 0 Å². The average molecular weight is 351 g/mol. The summed E-state index contributed by atoms with van der Waals surface area (Å²) in [6.07, 6.45) is 0. The third kappa shape index (κ3) is 5.15. The Bertz CT molecular complexity index is 808. The van der Waals surface area contributed by atoms with Crippen LogP contribution in [0.4, 0.5) is 4.39 Å². The van der Waals surface area contributed by atoms with Gasteiger partial charge in [-0.25, -0.2) is 12.8 Å². The van der Waals surface area contributed by atoms with E-state index in [1.165, 1.54) is 36.4 Å². The molecule has 0 aliphatic rings. The molecule has 0 spiro atoms. The largest absolute Gasteiger partial charge is 1.00 e. The van der Waals surface area contributed by atoms with E-state index >= 15 is 0 Å². The smallest absolute Gasteiger partial charge is 0.748 e. The van der Waals surface area contributed by atoms with E-state index in [1.807, 2.05) is 0 Å². The summed E-state index contributed by atoms with van der Waals surface area (Å²) in [7, 11) is -4.56. The first-order valence-corrected chi connectivity index (χ1v) is 7.74. The predicted octanol–water partition coefficient (Wildman–Crippen LogP) is -0.241. The standard InChI is InChI=1S/C14H10ClFO4S.Na/c15-11-5-4-10(8-21(18,19)20)13(7-11)14(17)9-2-1-3-12(16)6-9;/h1-7H,8H2,(H,18,19,20);/q;+1/p-1. The van der Waals surface area contributed by atoms with E-state index in [0.29, 0.717) is 0 Å². The summed E-state index contributed by atoms with van der Waals surface area (Å²) in [5.74, 6) is -2.03. The van der Waals surface area contributed by atoms with Crippen LogP contribution >= 0.6 is 11.6 Å². The molecule has 0 aliphatic carbocycles. The van der Waals surface area contributed by atoms with E-state index in [4.69, 9.17) is 11.6 Å². The maximum Gasteiger partial charge on any atom is 1.00 e. The zero-order valence-corrected chi connectivity index (χ0v) is 15.1. The number of rotatable bonds is 4. The molecule has 22 heavy (non-hydrogen) atoms. The molecule has 2 rings (SSSR count). The van der Waals surface area contributed by atoms with Gasteiger partial charge in [-0.15, -0.1) is 0 Å². The van der Waals surface area contributed by atoms with Gasteiger partial charge in [0.25, 0.3) is 0 Å². The maximum atomic E-state index is 13.2. The molecule has 4 nitrogen and oxygen atoms in total. The van der Waals surface area contributed by atoms with Crippen LogP contribution in [-0.4, -0.2) is 18.8 Å². The molecule has 2 aromatic carbocycles. The second-order valence-electron chi connectivity index (χ2n) is 4.34. The molecule has 0 radical (unpaired) electrons. The molecule has 2 aromatic rings. The molecular weight excluding hydrogens is 342 g/mol. The van der Waals surface area contributed by atoms with Crippen molar-refractivity contribution in [2.45, 2.75) is 5.75 Å². The normalized spacial score (nSPS) is 10.9. The Labute approximate surface area is 154 Å². The number of carbonyl (C=O) groups excluding carboxylic acids is 1. The van der Waals surface area contributed by atoms with Crippen molar-refractivity contribution in [1.82, 2.24) is 0 Å².